The third kappa shape index (κ3) is 4.19. The van der Waals surface area contributed by atoms with Crippen molar-refractivity contribution in [1.29, 1.82) is 0 Å². The molecule has 2 aromatic carbocycles. The van der Waals surface area contributed by atoms with E-state index in [1.807, 2.05) is 36.4 Å². The van der Waals surface area contributed by atoms with Crippen LogP contribution in [0.5, 0.6) is 0 Å². The predicted molar refractivity (Wildman–Crippen MR) is 116 cm³/mol. The molecule has 29 heavy (non-hydrogen) atoms. The molecule has 2 heterocycles. The molecule has 3 aromatic rings. The summed E-state index contributed by atoms with van der Waals surface area (Å²) in [6.45, 7) is 4.72. The Balaban J connectivity index is 1.70. The molecule has 3 atom stereocenters. The van der Waals surface area contributed by atoms with E-state index in [1.165, 1.54) is 0 Å². The number of carbonyl (C=O) groups excluding carboxylic acids is 1. The fraction of sp³-hybridized carbons (Fsp3) is 0.250. The molecule has 4 rings (SSSR count). The topological polar surface area (TPSA) is 51.2 Å². The maximum absolute atomic E-state index is 13.0. The third-order valence-corrected chi connectivity index (χ3v) is 5.84. The van der Waals surface area contributed by atoms with Gasteiger partial charge in [-0.2, -0.15) is 0 Å². The van der Waals surface area contributed by atoms with Crippen LogP contribution < -0.4 is 5.32 Å². The van der Waals surface area contributed by atoms with E-state index in [-0.39, 0.29) is 6.04 Å². The van der Waals surface area contributed by atoms with Crippen molar-refractivity contribution in [3.8, 4) is 0 Å². The number of rotatable bonds is 5. The van der Waals surface area contributed by atoms with E-state index in [1.54, 1.807) is 30.5 Å². The number of fused-ring (bicyclic) bond motifs is 1. The Morgan fingerprint density at radius 2 is 1.97 bits per heavy atom. The Labute approximate surface area is 175 Å². The predicted octanol–water partition coefficient (Wildman–Crippen LogP) is 5.34. The van der Waals surface area contributed by atoms with Crippen molar-refractivity contribution in [2.75, 3.05) is 6.54 Å². The van der Waals surface area contributed by atoms with Crippen LogP contribution in [-0.2, 0) is 4.74 Å². The smallest absolute Gasteiger partial charge is 0.340 e. The zero-order valence-electron chi connectivity index (χ0n) is 16.1. The Bertz CT molecular complexity index is 1020. The second-order valence-corrected chi connectivity index (χ2v) is 7.72. The van der Waals surface area contributed by atoms with Gasteiger partial charge in [0.25, 0.3) is 0 Å². The van der Waals surface area contributed by atoms with Gasteiger partial charge in [-0.15, -0.1) is 6.58 Å². The fourth-order valence-electron chi connectivity index (χ4n) is 3.89. The first-order chi connectivity index (χ1) is 14.2. The highest BCUT2D eigenvalue weighted by Gasteiger charge is 2.32. The second-order valence-electron chi connectivity index (χ2n) is 7.31. The summed E-state index contributed by atoms with van der Waals surface area (Å²) in [5, 5.41) is 4.93. The number of benzene rings is 2. The number of piperidine rings is 1. The minimum absolute atomic E-state index is 0.00319. The minimum atomic E-state index is -0.447. The van der Waals surface area contributed by atoms with Crippen molar-refractivity contribution in [3.05, 3.63) is 89.6 Å². The van der Waals surface area contributed by atoms with Crippen LogP contribution in [0.25, 0.3) is 10.9 Å². The molecule has 1 aliphatic heterocycles. The summed E-state index contributed by atoms with van der Waals surface area (Å²) in [6.07, 6.45) is 5.19. The number of ether oxygens (including phenoxy) is 1. The van der Waals surface area contributed by atoms with Gasteiger partial charge in [0.2, 0.25) is 0 Å². The number of nitrogens with zero attached hydrogens (tertiary/aromatic N) is 1. The molecule has 1 N–H and O–H groups in total. The van der Waals surface area contributed by atoms with E-state index in [9.17, 15) is 4.79 Å². The summed E-state index contributed by atoms with van der Waals surface area (Å²) in [4.78, 5) is 17.4. The van der Waals surface area contributed by atoms with Gasteiger partial charge in [-0.05, 0) is 43.0 Å². The van der Waals surface area contributed by atoms with Gasteiger partial charge in [-0.25, -0.2) is 4.79 Å². The quantitative estimate of drug-likeness (QED) is 0.459. The molecule has 0 radical (unpaired) electrons. The van der Waals surface area contributed by atoms with Crippen LogP contribution in [0.15, 0.2) is 73.4 Å². The molecule has 0 aliphatic carbocycles. The first-order valence-corrected chi connectivity index (χ1v) is 10.2. The molecular weight excluding hydrogens is 384 g/mol. The lowest BCUT2D eigenvalue weighted by molar-refractivity contribution is 0.0157. The summed E-state index contributed by atoms with van der Waals surface area (Å²) in [6, 6.07) is 16.8. The third-order valence-electron chi connectivity index (χ3n) is 5.51. The highest BCUT2D eigenvalue weighted by molar-refractivity contribution is 6.33. The van der Waals surface area contributed by atoms with Crippen LogP contribution in [0.2, 0.25) is 5.02 Å². The number of pyridine rings is 1. The lowest BCUT2D eigenvalue weighted by Gasteiger charge is -2.34. The minimum Gasteiger partial charge on any atom is -0.452 e. The average molecular weight is 407 g/mol. The number of halogens is 1. The average Bonchev–Trinajstić information content (AvgIpc) is 2.77. The van der Waals surface area contributed by atoms with Crippen molar-refractivity contribution >= 4 is 28.5 Å². The number of hydrogen-bond donors (Lipinski definition) is 1. The molecule has 1 aromatic heterocycles. The zero-order valence-corrected chi connectivity index (χ0v) is 16.8. The van der Waals surface area contributed by atoms with Crippen LogP contribution in [0.1, 0.15) is 34.9 Å². The van der Waals surface area contributed by atoms with E-state index in [0.29, 0.717) is 16.5 Å². The number of esters is 1. The molecule has 0 bridgehead atoms. The number of hydrogen-bond acceptors (Lipinski definition) is 4. The van der Waals surface area contributed by atoms with Crippen molar-refractivity contribution in [2.24, 2.45) is 5.92 Å². The first kappa shape index (κ1) is 19.6. The largest absolute Gasteiger partial charge is 0.452 e. The summed E-state index contributed by atoms with van der Waals surface area (Å²) in [5.74, 6) is 0.00879. The molecule has 5 heteroatoms. The van der Waals surface area contributed by atoms with Crippen LogP contribution in [-0.4, -0.2) is 23.5 Å². The lowest BCUT2D eigenvalue weighted by Crippen LogP contribution is -2.43. The summed E-state index contributed by atoms with van der Waals surface area (Å²) >= 11 is 6.23. The van der Waals surface area contributed by atoms with Gasteiger partial charge < -0.3 is 10.1 Å². The number of carbonyl (C=O) groups is 1. The Hall–Kier alpha value is -2.69. The van der Waals surface area contributed by atoms with Crippen molar-refractivity contribution in [2.45, 2.75) is 25.0 Å². The van der Waals surface area contributed by atoms with Crippen molar-refractivity contribution in [1.82, 2.24) is 10.3 Å². The Morgan fingerprint density at radius 1 is 1.17 bits per heavy atom. The molecule has 0 amide bonds. The molecule has 0 spiro atoms. The second kappa shape index (κ2) is 8.76. The number of nitrogens with one attached hydrogen (secondary N) is 1. The Morgan fingerprint density at radius 3 is 2.72 bits per heavy atom. The number of aromatic nitrogens is 1. The van der Waals surface area contributed by atoms with E-state index in [0.717, 1.165) is 35.9 Å². The van der Waals surface area contributed by atoms with E-state index >= 15 is 0 Å². The molecular formula is C24H23ClN2O2. The number of para-hydroxylation sites is 1. The summed E-state index contributed by atoms with van der Waals surface area (Å²) < 4.78 is 6.08. The van der Waals surface area contributed by atoms with Gasteiger partial charge in [-0.1, -0.05) is 48.0 Å². The molecule has 3 unspecified atom stereocenters. The molecule has 1 fully saturated rings. The molecule has 1 saturated heterocycles. The van der Waals surface area contributed by atoms with Gasteiger partial charge in [0.15, 0.2) is 0 Å². The Kier molecular flexibility index (Phi) is 5.93. The highest BCUT2D eigenvalue weighted by atomic mass is 35.5. The molecule has 148 valence electrons. The zero-order chi connectivity index (χ0) is 20.2. The van der Waals surface area contributed by atoms with Crippen LogP contribution in [0.4, 0.5) is 0 Å². The summed E-state index contributed by atoms with van der Waals surface area (Å²) in [7, 11) is 0. The normalized spacial score (nSPS) is 20.2. The molecule has 1 aliphatic rings. The standard InChI is InChI=1S/C24H23ClN2O2/c1-2-16-11-12-22(27-15-16)23(29-24(28)19-8-3-5-9-20(19)25)18-13-14-26-21-10-6-4-7-17(18)21/h2-10,13-14,16,22-23,27H,1,11-12,15H2. The maximum atomic E-state index is 13.0. The van der Waals surface area contributed by atoms with Gasteiger partial charge in [-0.3, -0.25) is 4.98 Å². The fourth-order valence-corrected chi connectivity index (χ4v) is 4.11. The first-order valence-electron chi connectivity index (χ1n) is 9.82. The van der Waals surface area contributed by atoms with E-state index < -0.39 is 12.1 Å². The van der Waals surface area contributed by atoms with Crippen LogP contribution in [0, 0.1) is 5.92 Å². The summed E-state index contributed by atoms with van der Waals surface area (Å²) in [5.41, 5.74) is 2.20. The van der Waals surface area contributed by atoms with Gasteiger partial charge >= 0.3 is 5.97 Å². The lowest BCUT2D eigenvalue weighted by atomic mass is 9.88. The van der Waals surface area contributed by atoms with Gasteiger partial charge in [0.1, 0.15) is 6.10 Å². The molecule has 0 saturated carbocycles. The van der Waals surface area contributed by atoms with Crippen molar-refractivity contribution in [3.63, 3.8) is 0 Å². The van der Waals surface area contributed by atoms with Crippen molar-refractivity contribution < 1.29 is 9.53 Å². The monoisotopic (exact) mass is 406 g/mol. The molecule has 4 nitrogen and oxygen atoms in total. The SMILES string of the molecule is C=CC1CCC(C(OC(=O)c2ccccc2Cl)c2ccnc3ccccc23)NC1. The van der Waals surface area contributed by atoms with Gasteiger partial charge in [0.05, 0.1) is 16.1 Å². The maximum Gasteiger partial charge on any atom is 0.340 e. The highest BCUT2D eigenvalue weighted by Crippen LogP contribution is 2.33. The van der Waals surface area contributed by atoms with E-state index in [2.05, 4.69) is 16.9 Å². The van der Waals surface area contributed by atoms with Crippen LogP contribution >= 0.6 is 11.6 Å². The van der Waals surface area contributed by atoms with E-state index in [4.69, 9.17) is 16.3 Å². The van der Waals surface area contributed by atoms with Crippen LogP contribution in [0.3, 0.4) is 0 Å². The van der Waals surface area contributed by atoms with Gasteiger partial charge in [0, 0.05) is 29.7 Å².